The van der Waals surface area contributed by atoms with E-state index in [4.69, 9.17) is 20.8 Å². The molecule has 0 aliphatic rings. The summed E-state index contributed by atoms with van der Waals surface area (Å²) in [5.41, 5.74) is 2.79. The fourth-order valence-corrected chi connectivity index (χ4v) is 4.36. The number of fused-ring (bicyclic) bond motifs is 1. The molecule has 0 fully saturated rings. The maximum absolute atomic E-state index is 12.4. The van der Waals surface area contributed by atoms with E-state index in [1.165, 1.54) is 18.2 Å². The van der Waals surface area contributed by atoms with E-state index in [0.717, 1.165) is 16.7 Å². The van der Waals surface area contributed by atoms with Crippen molar-refractivity contribution in [2.75, 3.05) is 6.54 Å². The average molecular weight is 464 g/mol. The Labute approximate surface area is 185 Å². The van der Waals surface area contributed by atoms with Gasteiger partial charge in [0.25, 0.3) is 0 Å². The second-order valence-corrected chi connectivity index (χ2v) is 9.29. The lowest BCUT2D eigenvalue weighted by Gasteiger charge is -2.10. The van der Waals surface area contributed by atoms with Crippen molar-refractivity contribution in [3.8, 4) is 0 Å². The molecule has 0 radical (unpaired) electrons. The Bertz CT molecular complexity index is 1310. The van der Waals surface area contributed by atoms with Gasteiger partial charge >= 0.3 is 11.6 Å². The van der Waals surface area contributed by atoms with Crippen molar-refractivity contribution in [3.63, 3.8) is 0 Å². The van der Waals surface area contributed by atoms with Gasteiger partial charge in [-0.3, -0.25) is 4.79 Å². The summed E-state index contributed by atoms with van der Waals surface area (Å²) < 4.78 is 37.4. The van der Waals surface area contributed by atoms with Crippen molar-refractivity contribution < 1.29 is 22.4 Å². The van der Waals surface area contributed by atoms with E-state index in [1.54, 1.807) is 25.1 Å². The van der Waals surface area contributed by atoms with Crippen LogP contribution in [0.3, 0.4) is 0 Å². The predicted molar refractivity (Wildman–Crippen MR) is 118 cm³/mol. The monoisotopic (exact) mass is 463 g/mol. The van der Waals surface area contributed by atoms with Crippen molar-refractivity contribution in [1.29, 1.82) is 0 Å². The van der Waals surface area contributed by atoms with Crippen LogP contribution in [0.25, 0.3) is 11.0 Å². The fraction of sp³-hybridized carbons (Fsp3) is 0.273. The Morgan fingerprint density at radius 1 is 1.10 bits per heavy atom. The summed E-state index contributed by atoms with van der Waals surface area (Å²) in [4.78, 5) is 24.1. The van der Waals surface area contributed by atoms with Crippen LogP contribution in [0.2, 0.25) is 5.02 Å². The number of halogens is 1. The van der Waals surface area contributed by atoms with Crippen LogP contribution in [-0.2, 0) is 32.6 Å². The number of ether oxygens (including phenoxy) is 1. The zero-order valence-electron chi connectivity index (χ0n) is 17.3. The molecule has 3 rings (SSSR count). The van der Waals surface area contributed by atoms with Gasteiger partial charge < -0.3 is 9.15 Å². The highest BCUT2D eigenvalue weighted by molar-refractivity contribution is 7.89. The Morgan fingerprint density at radius 3 is 2.52 bits per heavy atom. The van der Waals surface area contributed by atoms with Crippen LogP contribution in [0.15, 0.2) is 50.5 Å². The molecule has 0 saturated heterocycles. The molecule has 1 N–H and O–H groups in total. The van der Waals surface area contributed by atoms with Gasteiger partial charge in [0.15, 0.2) is 0 Å². The Balaban J connectivity index is 1.71. The van der Waals surface area contributed by atoms with Crippen LogP contribution >= 0.6 is 11.6 Å². The number of esters is 1. The maximum Gasteiger partial charge on any atom is 0.336 e. The van der Waals surface area contributed by atoms with Gasteiger partial charge in [-0.1, -0.05) is 24.6 Å². The molecule has 0 amide bonds. The quantitative estimate of drug-likeness (QED) is 0.424. The SMILES string of the molecule is CCc1cc2oc(=O)cc(COC(=O)CNS(=O)(=O)c3ccc(C)c(C)c3)c2cc1Cl. The summed E-state index contributed by atoms with van der Waals surface area (Å²) >= 11 is 6.25. The Kier molecular flexibility index (Phi) is 6.83. The number of carbonyl (C=O) groups excluding carboxylic acids is 1. The first-order valence-corrected chi connectivity index (χ1v) is 11.4. The first kappa shape index (κ1) is 23.0. The van der Waals surface area contributed by atoms with E-state index in [0.29, 0.717) is 28.0 Å². The standard InChI is InChI=1S/C22H22ClNO6S/c1-4-15-8-20-18(10-19(15)23)16(9-21(25)30-20)12-29-22(26)11-24-31(27,28)17-6-5-13(2)14(3)7-17/h5-10,24H,4,11-12H2,1-3H3. The highest BCUT2D eigenvalue weighted by atomic mass is 35.5. The molecule has 31 heavy (non-hydrogen) atoms. The van der Waals surface area contributed by atoms with E-state index >= 15 is 0 Å². The summed E-state index contributed by atoms with van der Waals surface area (Å²) in [6, 6.07) is 9.26. The highest BCUT2D eigenvalue weighted by Gasteiger charge is 2.17. The minimum Gasteiger partial charge on any atom is -0.460 e. The highest BCUT2D eigenvalue weighted by Crippen LogP contribution is 2.26. The number of nitrogens with one attached hydrogen (secondary N) is 1. The van der Waals surface area contributed by atoms with Crippen LogP contribution in [-0.4, -0.2) is 20.9 Å². The number of hydrogen-bond donors (Lipinski definition) is 1. The normalized spacial score (nSPS) is 11.6. The molecular weight excluding hydrogens is 442 g/mol. The molecule has 0 aliphatic heterocycles. The topological polar surface area (TPSA) is 103 Å². The number of rotatable bonds is 7. The molecule has 164 valence electrons. The molecule has 0 saturated carbocycles. The third-order valence-electron chi connectivity index (χ3n) is 4.96. The maximum atomic E-state index is 12.4. The van der Waals surface area contributed by atoms with Crippen molar-refractivity contribution in [2.24, 2.45) is 0 Å². The van der Waals surface area contributed by atoms with Crippen LogP contribution in [0.1, 0.15) is 29.2 Å². The molecule has 0 atom stereocenters. The molecule has 0 bridgehead atoms. The molecular formula is C22H22ClNO6S. The zero-order chi connectivity index (χ0) is 22.8. The molecule has 0 unspecified atom stereocenters. The summed E-state index contributed by atoms with van der Waals surface area (Å²) in [5.74, 6) is -0.787. The minimum absolute atomic E-state index is 0.0661. The summed E-state index contributed by atoms with van der Waals surface area (Å²) in [6.07, 6.45) is 0.665. The second kappa shape index (κ2) is 9.21. The summed E-state index contributed by atoms with van der Waals surface area (Å²) in [7, 11) is -3.87. The largest absolute Gasteiger partial charge is 0.460 e. The van der Waals surface area contributed by atoms with Gasteiger partial charge in [-0.25, -0.2) is 13.2 Å². The summed E-state index contributed by atoms with van der Waals surface area (Å²) in [6.45, 7) is 4.83. The lowest BCUT2D eigenvalue weighted by atomic mass is 10.1. The van der Waals surface area contributed by atoms with Crippen LogP contribution in [0.5, 0.6) is 0 Å². The van der Waals surface area contributed by atoms with Crippen molar-refractivity contribution >= 4 is 38.6 Å². The van der Waals surface area contributed by atoms with Crippen molar-refractivity contribution in [3.05, 3.63) is 74.1 Å². The van der Waals surface area contributed by atoms with Crippen LogP contribution in [0.4, 0.5) is 0 Å². The smallest absolute Gasteiger partial charge is 0.336 e. The van der Waals surface area contributed by atoms with Crippen LogP contribution in [0, 0.1) is 13.8 Å². The van der Waals surface area contributed by atoms with Gasteiger partial charge in [-0.2, -0.15) is 4.72 Å². The second-order valence-electron chi connectivity index (χ2n) is 7.12. The molecule has 1 aromatic heterocycles. The lowest BCUT2D eigenvalue weighted by molar-refractivity contribution is -0.143. The third-order valence-corrected chi connectivity index (χ3v) is 6.71. The minimum atomic E-state index is -3.87. The van der Waals surface area contributed by atoms with E-state index in [-0.39, 0.29) is 11.5 Å². The van der Waals surface area contributed by atoms with Gasteiger partial charge in [0.2, 0.25) is 10.0 Å². The Morgan fingerprint density at radius 2 is 1.84 bits per heavy atom. The number of hydrogen-bond acceptors (Lipinski definition) is 6. The van der Waals surface area contributed by atoms with E-state index < -0.39 is 28.2 Å². The predicted octanol–water partition coefficient (Wildman–Crippen LogP) is 3.65. The summed E-state index contributed by atoms with van der Waals surface area (Å²) in [5, 5.41) is 1.06. The van der Waals surface area contributed by atoms with Gasteiger partial charge in [-0.05, 0) is 61.2 Å². The number of benzene rings is 2. The molecule has 7 nitrogen and oxygen atoms in total. The van der Waals surface area contributed by atoms with Crippen molar-refractivity contribution in [1.82, 2.24) is 4.72 Å². The lowest BCUT2D eigenvalue weighted by Crippen LogP contribution is -2.30. The van der Waals surface area contributed by atoms with E-state index in [2.05, 4.69) is 4.72 Å². The molecule has 0 spiro atoms. The molecule has 2 aromatic carbocycles. The first-order chi connectivity index (χ1) is 14.6. The number of sulfonamides is 1. The molecule has 3 aromatic rings. The van der Waals surface area contributed by atoms with E-state index in [9.17, 15) is 18.0 Å². The first-order valence-electron chi connectivity index (χ1n) is 9.58. The molecule has 9 heteroatoms. The van der Waals surface area contributed by atoms with Gasteiger partial charge in [-0.15, -0.1) is 0 Å². The third kappa shape index (κ3) is 5.33. The Hall–Kier alpha value is -2.68. The fourth-order valence-electron chi connectivity index (χ4n) is 3.01. The average Bonchev–Trinajstić information content (AvgIpc) is 2.72. The van der Waals surface area contributed by atoms with Gasteiger partial charge in [0.05, 0.1) is 4.90 Å². The van der Waals surface area contributed by atoms with Gasteiger partial charge in [0, 0.05) is 22.0 Å². The van der Waals surface area contributed by atoms with E-state index in [1.807, 2.05) is 13.8 Å². The van der Waals surface area contributed by atoms with Gasteiger partial charge in [0.1, 0.15) is 18.7 Å². The molecule has 0 aliphatic carbocycles. The van der Waals surface area contributed by atoms with Crippen LogP contribution < -0.4 is 10.3 Å². The molecule has 1 heterocycles. The zero-order valence-corrected chi connectivity index (χ0v) is 18.9. The number of carbonyl (C=O) groups is 1. The number of aryl methyl sites for hydroxylation is 3. The van der Waals surface area contributed by atoms with Crippen molar-refractivity contribution in [2.45, 2.75) is 38.7 Å².